The van der Waals surface area contributed by atoms with E-state index >= 15 is 0 Å². The summed E-state index contributed by atoms with van der Waals surface area (Å²) < 4.78 is 10.7. The van der Waals surface area contributed by atoms with Crippen molar-refractivity contribution in [3.8, 4) is 11.8 Å². The Morgan fingerprint density at radius 3 is 2.79 bits per heavy atom. The number of nitrogens with zero attached hydrogens (tertiary/aromatic N) is 3. The molecule has 0 spiro atoms. The van der Waals surface area contributed by atoms with E-state index in [4.69, 9.17) is 9.47 Å². The predicted octanol–water partition coefficient (Wildman–Crippen LogP) is 0.857. The van der Waals surface area contributed by atoms with Gasteiger partial charge in [0.05, 0.1) is 13.7 Å². The number of amides is 1. The quantitative estimate of drug-likeness (QED) is 0.893. The number of nitrogens with one attached hydrogen (secondary N) is 1. The number of hydrogen-bond donors (Lipinski definition) is 1. The van der Waals surface area contributed by atoms with Gasteiger partial charge in [0, 0.05) is 24.9 Å². The number of H-pyrrole nitrogens is 1. The molecule has 1 atom stereocenters. The van der Waals surface area contributed by atoms with Crippen LogP contribution < -0.4 is 15.0 Å². The van der Waals surface area contributed by atoms with Gasteiger partial charge in [-0.3, -0.25) is 9.59 Å². The fraction of sp³-hybridized carbons (Fsp3) is 0.375. The average Bonchev–Trinajstić information content (AvgIpc) is 2.62. The van der Waals surface area contributed by atoms with Crippen molar-refractivity contribution in [1.82, 2.24) is 20.1 Å². The Balaban J connectivity index is 1.66. The molecule has 2 aromatic rings. The van der Waals surface area contributed by atoms with Gasteiger partial charge in [-0.1, -0.05) is 0 Å². The first-order chi connectivity index (χ1) is 11.7. The third-order valence-corrected chi connectivity index (χ3v) is 3.83. The maximum atomic E-state index is 12.5. The Bertz CT molecular complexity index is 759. The summed E-state index contributed by atoms with van der Waals surface area (Å²) in [6.07, 6.45) is 2.92. The number of likely N-dealkylation sites (tertiary alicyclic amines) is 1. The Kier molecular flexibility index (Phi) is 4.74. The van der Waals surface area contributed by atoms with Crippen LogP contribution in [0.15, 0.2) is 35.3 Å². The molecule has 0 saturated carbocycles. The van der Waals surface area contributed by atoms with Crippen LogP contribution >= 0.6 is 0 Å². The van der Waals surface area contributed by atoms with Crippen LogP contribution in [0.1, 0.15) is 23.2 Å². The summed E-state index contributed by atoms with van der Waals surface area (Å²) in [6, 6.07) is 6.51. The third kappa shape index (κ3) is 3.53. The molecule has 1 fully saturated rings. The molecule has 24 heavy (non-hydrogen) atoms. The normalized spacial score (nSPS) is 17.4. The molecule has 3 heterocycles. The molecule has 1 aliphatic rings. The number of rotatable bonds is 4. The molecule has 1 aliphatic heterocycles. The largest absolute Gasteiger partial charge is 0.480 e. The zero-order chi connectivity index (χ0) is 16.9. The highest BCUT2D eigenvalue weighted by Gasteiger charge is 2.27. The van der Waals surface area contributed by atoms with Gasteiger partial charge in [0.15, 0.2) is 0 Å². The molecular formula is C16H18N4O4. The molecule has 1 saturated heterocycles. The summed E-state index contributed by atoms with van der Waals surface area (Å²) in [5, 5.41) is 7.78. The summed E-state index contributed by atoms with van der Waals surface area (Å²) in [6.45, 7) is 1.00. The molecule has 1 amide bonds. The Morgan fingerprint density at radius 2 is 2.08 bits per heavy atom. The van der Waals surface area contributed by atoms with Crippen LogP contribution in [0.5, 0.6) is 11.8 Å². The van der Waals surface area contributed by atoms with Crippen molar-refractivity contribution < 1.29 is 14.3 Å². The first-order valence-corrected chi connectivity index (χ1v) is 7.68. The van der Waals surface area contributed by atoms with Crippen molar-refractivity contribution in [2.24, 2.45) is 0 Å². The van der Waals surface area contributed by atoms with Crippen LogP contribution in [0.3, 0.4) is 0 Å². The van der Waals surface area contributed by atoms with Gasteiger partial charge in [-0.15, -0.1) is 10.2 Å². The Morgan fingerprint density at radius 1 is 1.29 bits per heavy atom. The minimum Gasteiger partial charge on any atom is -0.480 e. The van der Waals surface area contributed by atoms with Gasteiger partial charge in [0.25, 0.3) is 11.5 Å². The molecular weight excluding hydrogens is 312 g/mol. The van der Waals surface area contributed by atoms with E-state index in [2.05, 4.69) is 15.2 Å². The standard InChI is InChI=1S/C16H18N4O4/c1-23-13-6-7-14(19-18-13)24-11-4-3-9-20(10-11)16(22)12-5-2-8-17-15(12)21/h2,5-8,11H,3-4,9-10H2,1H3,(H,17,21). The highest BCUT2D eigenvalue weighted by molar-refractivity contribution is 5.93. The first-order valence-electron chi connectivity index (χ1n) is 7.68. The Labute approximate surface area is 138 Å². The van der Waals surface area contributed by atoms with Crippen LogP contribution in [0.2, 0.25) is 0 Å². The van der Waals surface area contributed by atoms with E-state index in [1.165, 1.54) is 19.4 Å². The first kappa shape index (κ1) is 16.0. The lowest BCUT2D eigenvalue weighted by Gasteiger charge is -2.32. The van der Waals surface area contributed by atoms with Gasteiger partial charge >= 0.3 is 0 Å². The number of pyridine rings is 1. The average molecular weight is 330 g/mol. The smallest absolute Gasteiger partial charge is 0.260 e. The van der Waals surface area contributed by atoms with Crippen molar-refractivity contribution in [1.29, 1.82) is 0 Å². The molecule has 3 rings (SSSR count). The summed E-state index contributed by atoms with van der Waals surface area (Å²) in [7, 11) is 1.51. The summed E-state index contributed by atoms with van der Waals surface area (Å²) in [5.74, 6) is 0.504. The van der Waals surface area contributed by atoms with Crippen LogP contribution in [0.4, 0.5) is 0 Å². The number of carbonyl (C=O) groups is 1. The fourth-order valence-corrected chi connectivity index (χ4v) is 2.63. The maximum absolute atomic E-state index is 12.5. The lowest BCUT2D eigenvalue weighted by molar-refractivity contribution is 0.0523. The van der Waals surface area contributed by atoms with Gasteiger partial charge < -0.3 is 19.4 Å². The molecule has 2 aromatic heterocycles. The SMILES string of the molecule is COc1ccc(OC2CCCN(C(=O)c3ccc[nH]c3=O)C2)nn1. The molecule has 1 N–H and O–H groups in total. The van der Waals surface area contributed by atoms with E-state index in [9.17, 15) is 9.59 Å². The van der Waals surface area contributed by atoms with Crippen LogP contribution in [-0.2, 0) is 0 Å². The number of aromatic amines is 1. The van der Waals surface area contributed by atoms with E-state index < -0.39 is 0 Å². The second-order valence-electron chi connectivity index (χ2n) is 5.46. The van der Waals surface area contributed by atoms with Crippen LogP contribution in [-0.4, -0.2) is 52.3 Å². The van der Waals surface area contributed by atoms with Crippen LogP contribution in [0, 0.1) is 0 Å². The number of aromatic nitrogens is 3. The van der Waals surface area contributed by atoms with E-state index in [0.29, 0.717) is 24.8 Å². The number of ether oxygens (including phenoxy) is 2. The summed E-state index contributed by atoms with van der Waals surface area (Å²) in [5.41, 5.74) is -0.242. The molecule has 1 unspecified atom stereocenters. The second-order valence-corrected chi connectivity index (χ2v) is 5.46. The van der Waals surface area contributed by atoms with Crippen molar-refractivity contribution >= 4 is 5.91 Å². The molecule has 8 heteroatoms. The van der Waals surface area contributed by atoms with E-state index in [0.717, 1.165) is 12.8 Å². The molecule has 0 aliphatic carbocycles. The van der Waals surface area contributed by atoms with Crippen molar-refractivity contribution in [3.63, 3.8) is 0 Å². The number of hydrogen-bond acceptors (Lipinski definition) is 6. The highest BCUT2D eigenvalue weighted by Crippen LogP contribution is 2.18. The van der Waals surface area contributed by atoms with E-state index in [1.54, 1.807) is 23.1 Å². The van der Waals surface area contributed by atoms with Crippen LogP contribution in [0.25, 0.3) is 0 Å². The summed E-state index contributed by atoms with van der Waals surface area (Å²) >= 11 is 0. The van der Waals surface area contributed by atoms with Gasteiger partial charge in [0.1, 0.15) is 11.7 Å². The zero-order valence-corrected chi connectivity index (χ0v) is 13.3. The zero-order valence-electron chi connectivity index (χ0n) is 13.3. The Hall–Kier alpha value is -2.90. The highest BCUT2D eigenvalue weighted by atomic mass is 16.5. The van der Waals surface area contributed by atoms with Gasteiger partial charge in [-0.25, -0.2) is 0 Å². The lowest BCUT2D eigenvalue weighted by atomic mass is 10.1. The third-order valence-electron chi connectivity index (χ3n) is 3.83. The second kappa shape index (κ2) is 7.12. The van der Waals surface area contributed by atoms with Crippen molar-refractivity contribution in [3.05, 3.63) is 46.4 Å². The molecule has 0 aromatic carbocycles. The minimum absolute atomic E-state index is 0.141. The maximum Gasteiger partial charge on any atom is 0.260 e. The minimum atomic E-state index is -0.383. The van der Waals surface area contributed by atoms with Gasteiger partial charge in [-0.05, 0) is 25.0 Å². The number of piperidine rings is 1. The topological polar surface area (TPSA) is 97.4 Å². The van der Waals surface area contributed by atoms with Gasteiger partial charge in [0.2, 0.25) is 11.8 Å². The van der Waals surface area contributed by atoms with Crippen molar-refractivity contribution in [2.45, 2.75) is 18.9 Å². The van der Waals surface area contributed by atoms with Gasteiger partial charge in [-0.2, -0.15) is 0 Å². The molecule has 126 valence electrons. The number of carbonyl (C=O) groups excluding carboxylic acids is 1. The molecule has 0 bridgehead atoms. The molecule has 8 nitrogen and oxygen atoms in total. The van der Waals surface area contributed by atoms with Crippen molar-refractivity contribution in [2.75, 3.05) is 20.2 Å². The molecule has 0 radical (unpaired) electrons. The van der Waals surface area contributed by atoms with E-state index in [-0.39, 0.29) is 23.1 Å². The summed E-state index contributed by atoms with van der Waals surface area (Å²) in [4.78, 5) is 28.4. The fourth-order valence-electron chi connectivity index (χ4n) is 2.63. The monoisotopic (exact) mass is 330 g/mol. The predicted molar refractivity (Wildman–Crippen MR) is 85.2 cm³/mol. The lowest BCUT2D eigenvalue weighted by Crippen LogP contribution is -2.45. The van der Waals surface area contributed by atoms with E-state index in [1.807, 2.05) is 0 Å². The number of methoxy groups -OCH3 is 1.